The van der Waals surface area contributed by atoms with Crippen LogP contribution in [0.3, 0.4) is 0 Å². The first-order valence-corrected chi connectivity index (χ1v) is 18.2. The van der Waals surface area contributed by atoms with Gasteiger partial charge in [0.1, 0.15) is 6.61 Å². The third kappa shape index (κ3) is 9.12. The number of aryl methyl sites for hydroxylation is 2. The van der Waals surface area contributed by atoms with Crippen molar-refractivity contribution in [2.75, 3.05) is 6.61 Å². The Balaban J connectivity index is 0.000000185. The van der Waals surface area contributed by atoms with Crippen molar-refractivity contribution in [1.29, 1.82) is 0 Å². The summed E-state index contributed by atoms with van der Waals surface area (Å²) < 4.78 is 0. The van der Waals surface area contributed by atoms with Crippen LogP contribution >= 0.6 is 0 Å². The molecule has 2 aromatic heterocycles. The lowest BCUT2D eigenvalue weighted by Crippen LogP contribution is -2.07. The molecular formula is C47H41N5O5. The summed E-state index contributed by atoms with van der Waals surface area (Å²) in [6.07, 6.45) is 8.33. The molecule has 0 saturated carbocycles. The minimum absolute atomic E-state index is 0.271. The second kappa shape index (κ2) is 18.6. The SMILES string of the molecule is Cc1ccc(C2=C(c3ccncc3)N=C(c3ccccc3)C2)cc1C(=O)CO.Cc1ccc(C2=C(c3ccncc3)N=C(c3ccccc3)C2)cc1C(=O)O.NO. The van der Waals surface area contributed by atoms with Crippen molar-refractivity contribution in [3.63, 3.8) is 0 Å². The molecule has 0 radical (unpaired) electrons. The van der Waals surface area contributed by atoms with Crippen molar-refractivity contribution < 1.29 is 25.0 Å². The summed E-state index contributed by atoms with van der Waals surface area (Å²) in [6.45, 7) is 3.20. The molecule has 8 rings (SSSR count). The molecule has 284 valence electrons. The van der Waals surface area contributed by atoms with E-state index in [0.717, 1.165) is 78.5 Å². The van der Waals surface area contributed by atoms with Crippen LogP contribution in [0.4, 0.5) is 0 Å². The molecule has 6 aromatic rings. The molecule has 0 atom stereocenters. The molecule has 0 spiro atoms. The van der Waals surface area contributed by atoms with Crippen molar-refractivity contribution >= 4 is 45.7 Å². The number of ketones is 1. The van der Waals surface area contributed by atoms with Crippen LogP contribution in [0.5, 0.6) is 0 Å². The lowest BCUT2D eigenvalue weighted by atomic mass is 9.92. The smallest absolute Gasteiger partial charge is 0.335 e. The zero-order valence-electron chi connectivity index (χ0n) is 31.5. The Morgan fingerprint density at radius 1 is 0.544 bits per heavy atom. The summed E-state index contributed by atoms with van der Waals surface area (Å²) in [5, 5.41) is 25.3. The van der Waals surface area contributed by atoms with E-state index in [2.05, 4.69) is 28.0 Å². The summed E-state index contributed by atoms with van der Waals surface area (Å²) in [4.78, 5) is 41.8. The number of hydrogen-bond acceptors (Lipinski definition) is 9. The molecule has 10 heteroatoms. The van der Waals surface area contributed by atoms with Gasteiger partial charge in [0.15, 0.2) is 5.78 Å². The van der Waals surface area contributed by atoms with E-state index >= 15 is 0 Å². The van der Waals surface area contributed by atoms with Gasteiger partial charge in [0.2, 0.25) is 0 Å². The van der Waals surface area contributed by atoms with E-state index in [-0.39, 0.29) is 5.78 Å². The van der Waals surface area contributed by atoms with E-state index in [1.54, 1.807) is 30.9 Å². The van der Waals surface area contributed by atoms with Crippen LogP contribution in [0.25, 0.3) is 22.5 Å². The van der Waals surface area contributed by atoms with Gasteiger partial charge in [0.25, 0.3) is 0 Å². The van der Waals surface area contributed by atoms with Gasteiger partial charge in [-0.15, -0.1) is 0 Å². The normalized spacial score (nSPS) is 13.2. The number of aliphatic imine (C=N–C) groups is 2. The molecule has 10 nitrogen and oxygen atoms in total. The van der Waals surface area contributed by atoms with Crippen LogP contribution in [-0.4, -0.2) is 55.2 Å². The molecule has 0 aliphatic carbocycles. The third-order valence-corrected chi connectivity index (χ3v) is 9.72. The standard InChI is InChI=1S/C24H20N2O2.C23H18N2O2.H3NO/c1-16-7-8-19(13-20(16)23(28)15-27)21-14-22(17-5-3-2-4-6-17)26-24(21)18-9-11-25-12-10-18;1-15-7-8-18(13-19(15)23(26)27)20-14-21(16-5-3-2-4-6-16)25-22(20)17-9-11-24-12-10-17;1-2/h2-13,27H,14-15H2,1H3;2-13H,14H2,1H3,(H,26,27);2H,1H2. The molecule has 0 amide bonds. The average Bonchev–Trinajstić information content (AvgIpc) is 3.93. The zero-order chi connectivity index (χ0) is 40.3. The number of nitrogens with two attached hydrogens (primary N) is 1. The summed E-state index contributed by atoms with van der Waals surface area (Å²) in [7, 11) is 0. The van der Waals surface area contributed by atoms with E-state index < -0.39 is 12.6 Å². The summed E-state index contributed by atoms with van der Waals surface area (Å²) in [6, 6.07) is 39.3. The number of carbonyl (C=O) groups excluding carboxylic acids is 1. The summed E-state index contributed by atoms with van der Waals surface area (Å²) >= 11 is 0. The molecule has 4 heterocycles. The molecule has 57 heavy (non-hydrogen) atoms. The highest BCUT2D eigenvalue weighted by molar-refractivity contribution is 6.18. The molecule has 0 bridgehead atoms. The first-order chi connectivity index (χ1) is 27.8. The van der Waals surface area contributed by atoms with Crippen LogP contribution in [0.15, 0.2) is 156 Å². The summed E-state index contributed by atoms with van der Waals surface area (Å²) in [5.74, 6) is 2.32. The Kier molecular flexibility index (Phi) is 12.9. The van der Waals surface area contributed by atoms with Crippen molar-refractivity contribution in [1.82, 2.24) is 9.97 Å². The number of benzene rings is 4. The molecule has 0 unspecified atom stereocenters. The number of allylic oxidation sites excluding steroid dienone is 2. The third-order valence-electron chi connectivity index (χ3n) is 9.72. The fraction of sp³-hybridized carbons (Fsp3) is 0.106. The first-order valence-electron chi connectivity index (χ1n) is 18.2. The number of nitrogens with zero attached hydrogens (tertiary/aromatic N) is 4. The number of aromatic nitrogens is 2. The Morgan fingerprint density at radius 3 is 1.35 bits per heavy atom. The number of pyridine rings is 2. The quantitative estimate of drug-likeness (QED) is 0.0840. The molecule has 5 N–H and O–H groups in total. The van der Waals surface area contributed by atoms with Gasteiger partial charge in [0.05, 0.1) is 28.4 Å². The number of aromatic carboxylic acids is 1. The van der Waals surface area contributed by atoms with E-state index in [0.29, 0.717) is 24.0 Å². The minimum atomic E-state index is -0.914. The second-order valence-electron chi connectivity index (χ2n) is 13.3. The lowest BCUT2D eigenvalue weighted by Gasteiger charge is -2.10. The van der Waals surface area contributed by atoms with Gasteiger partial charge in [-0.3, -0.25) is 24.7 Å². The molecule has 2 aliphatic rings. The van der Waals surface area contributed by atoms with Crippen LogP contribution in [0, 0.1) is 13.8 Å². The number of Topliss-reactive ketones (excluding diaryl/α,β-unsaturated/α-hetero) is 1. The van der Waals surface area contributed by atoms with Crippen molar-refractivity contribution in [2.45, 2.75) is 26.7 Å². The number of hydrogen-bond donors (Lipinski definition) is 4. The average molecular weight is 756 g/mol. The van der Waals surface area contributed by atoms with Crippen molar-refractivity contribution in [3.8, 4) is 0 Å². The monoisotopic (exact) mass is 755 g/mol. The lowest BCUT2D eigenvalue weighted by molar-refractivity contribution is 0.0695. The van der Waals surface area contributed by atoms with Gasteiger partial charge in [-0.2, -0.15) is 0 Å². The predicted molar refractivity (Wildman–Crippen MR) is 224 cm³/mol. The van der Waals surface area contributed by atoms with E-state index in [4.69, 9.17) is 15.2 Å². The maximum absolute atomic E-state index is 12.1. The molecule has 2 aliphatic heterocycles. The molecule has 4 aromatic carbocycles. The number of carboxylic acids is 1. The Bertz CT molecular complexity index is 2510. The first kappa shape index (κ1) is 39.7. The van der Waals surface area contributed by atoms with Gasteiger partial charge >= 0.3 is 5.97 Å². The summed E-state index contributed by atoms with van der Waals surface area (Å²) in [5.41, 5.74) is 14.3. The predicted octanol–water partition coefficient (Wildman–Crippen LogP) is 8.51. The number of rotatable bonds is 9. The highest BCUT2D eigenvalue weighted by atomic mass is 16.4. The Labute approximate surface area is 330 Å². The van der Waals surface area contributed by atoms with Crippen molar-refractivity contribution in [3.05, 3.63) is 202 Å². The molecular weight excluding hydrogens is 715 g/mol. The fourth-order valence-corrected chi connectivity index (χ4v) is 6.79. The van der Waals surface area contributed by atoms with Crippen LogP contribution in [0.2, 0.25) is 0 Å². The Morgan fingerprint density at radius 2 is 0.947 bits per heavy atom. The molecule has 0 fully saturated rings. The largest absolute Gasteiger partial charge is 0.478 e. The molecule has 0 saturated heterocycles. The Hall–Kier alpha value is -6.98. The van der Waals surface area contributed by atoms with E-state index in [1.807, 2.05) is 117 Å². The highest BCUT2D eigenvalue weighted by Gasteiger charge is 2.24. The van der Waals surface area contributed by atoms with Gasteiger partial charge in [0, 0.05) is 54.3 Å². The highest BCUT2D eigenvalue weighted by Crippen LogP contribution is 2.39. The van der Waals surface area contributed by atoms with Crippen LogP contribution in [0.1, 0.15) is 78.1 Å². The van der Waals surface area contributed by atoms with E-state index in [1.165, 1.54) is 0 Å². The minimum Gasteiger partial charge on any atom is -0.478 e. The second-order valence-corrected chi connectivity index (χ2v) is 13.3. The number of carboxylic acid groups (broad SMARTS) is 1. The maximum atomic E-state index is 12.1. The number of carbonyl (C=O) groups is 2. The fourth-order valence-electron chi connectivity index (χ4n) is 6.79. The number of aliphatic hydroxyl groups excluding tert-OH is 1. The number of aliphatic hydroxyl groups is 1. The van der Waals surface area contributed by atoms with Gasteiger partial charge in [-0.1, -0.05) is 84.9 Å². The zero-order valence-corrected chi connectivity index (χ0v) is 31.5. The van der Waals surface area contributed by atoms with Gasteiger partial charge < -0.3 is 15.4 Å². The van der Waals surface area contributed by atoms with Gasteiger partial charge in [-0.25, -0.2) is 10.7 Å². The van der Waals surface area contributed by atoms with Crippen LogP contribution in [-0.2, 0) is 0 Å². The van der Waals surface area contributed by atoms with Gasteiger partial charge in [-0.05, 0) is 94.8 Å². The topological polar surface area (TPSA) is 171 Å². The van der Waals surface area contributed by atoms with E-state index in [9.17, 15) is 19.8 Å². The van der Waals surface area contributed by atoms with Crippen LogP contribution < -0.4 is 5.90 Å². The maximum Gasteiger partial charge on any atom is 0.335 e. The van der Waals surface area contributed by atoms with Crippen molar-refractivity contribution in [2.24, 2.45) is 15.9 Å².